The van der Waals surface area contributed by atoms with Gasteiger partial charge < -0.3 is 25.8 Å². The van der Waals surface area contributed by atoms with Crippen molar-refractivity contribution in [1.29, 1.82) is 5.41 Å². The topological polar surface area (TPSA) is 144 Å². The van der Waals surface area contributed by atoms with Gasteiger partial charge in [-0.15, -0.1) is 0 Å². The molecule has 0 aliphatic rings. The van der Waals surface area contributed by atoms with Crippen LogP contribution < -0.4 is 11.5 Å². The largest absolute Gasteiger partial charge is 0.464 e. The minimum atomic E-state index is -0.243. The summed E-state index contributed by atoms with van der Waals surface area (Å²) in [5.74, 6) is -0.872. The van der Waals surface area contributed by atoms with Crippen molar-refractivity contribution >= 4 is 23.9 Å². The van der Waals surface area contributed by atoms with Gasteiger partial charge in [0, 0.05) is 12.8 Å². The zero-order valence-corrected chi connectivity index (χ0v) is 33.1. The lowest BCUT2D eigenvalue weighted by molar-refractivity contribution is -0.144. The predicted octanol–water partition coefficient (Wildman–Crippen LogP) is 10.7. The number of rotatable bonds is 36. The molecule has 0 rings (SSSR count). The summed E-state index contributed by atoms with van der Waals surface area (Å²) in [6.07, 6.45) is 41.6. The van der Waals surface area contributed by atoms with Crippen LogP contribution in [0.2, 0.25) is 0 Å². The summed E-state index contributed by atoms with van der Waals surface area (Å²) in [6.45, 7) is 5.20. The number of hydrogen-bond donors (Lipinski definition) is 3. The standard InChI is InChI=1S/C42H79N5O4/c1-3-5-7-9-11-13-15-17-19-21-23-25-27-29-31-33-39(48)50-37-35-47(42(45)46-41(43)44)36-38-51-40(49)34-32-30-28-26-24-22-20-18-16-14-12-10-8-6-4-2/h17-20H,3-16,21-38H2,1-2H3,(H5,43,44,45,46)/b19-17+,20-18+. The number of hydrogen-bond acceptors (Lipinski definition) is 5. The van der Waals surface area contributed by atoms with Crippen molar-refractivity contribution < 1.29 is 19.1 Å². The molecule has 296 valence electrons. The molecule has 0 atom stereocenters. The number of aliphatic imine (C=N–C) groups is 1. The number of esters is 2. The molecule has 0 aromatic carbocycles. The number of unbranched alkanes of at least 4 members (excludes halogenated alkanes) is 22. The van der Waals surface area contributed by atoms with E-state index in [0.29, 0.717) is 12.8 Å². The highest BCUT2D eigenvalue weighted by Crippen LogP contribution is 2.12. The van der Waals surface area contributed by atoms with Crippen molar-refractivity contribution in [3.8, 4) is 0 Å². The average Bonchev–Trinajstić information content (AvgIpc) is 3.10. The van der Waals surface area contributed by atoms with Crippen molar-refractivity contribution in [3.63, 3.8) is 0 Å². The summed E-state index contributed by atoms with van der Waals surface area (Å²) in [5, 5.41) is 8.19. The van der Waals surface area contributed by atoms with Crippen molar-refractivity contribution in [1.82, 2.24) is 4.90 Å². The van der Waals surface area contributed by atoms with Gasteiger partial charge in [-0.25, -0.2) is 0 Å². The summed E-state index contributed by atoms with van der Waals surface area (Å²) < 4.78 is 10.8. The Kier molecular flexibility index (Phi) is 36.3. The number of ether oxygens (including phenoxy) is 2. The minimum Gasteiger partial charge on any atom is -0.464 e. The highest BCUT2D eigenvalue weighted by Gasteiger charge is 2.13. The number of carbonyl (C=O) groups is 2. The Labute approximate surface area is 313 Å². The number of nitrogens with one attached hydrogen (secondary N) is 1. The summed E-state index contributed by atoms with van der Waals surface area (Å²) >= 11 is 0. The van der Waals surface area contributed by atoms with E-state index in [9.17, 15) is 9.59 Å². The highest BCUT2D eigenvalue weighted by molar-refractivity contribution is 5.91. The van der Waals surface area contributed by atoms with Crippen molar-refractivity contribution in [2.75, 3.05) is 26.3 Å². The Bertz CT molecular complexity index is 859. The fourth-order valence-corrected chi connectivity index (χ4v) is 5.88. The van der Waals surface area contributed by atoms with Crippen molar-refractivity contribution in [2.24, 2.45) is 16.5 Å². The summed E-state index contributed by atoms with van der Waals surface area (Å²) in [5.41, 5.74) is 10.9. The van der Waals surface area contributed by atoms with Crippen molar-refractivity contribution in [2.45, 2.75) is 194 Å². The zero-order chi connectivity index (χ0) is 37.5. The van der Waals surface area contributed by atoms with Gasteiger partial charge in [-0.1, -0.05) is 141 Å². The molecule has 0 saturated heterocycles. The third-order valence-electron chi connectivity index (χ3n) is 9.07. The molecule has 0 unspecified atom stereocenters. The van der Waals surface area contributed by atoms with E-state index in [1.807, 2.05) is 0 Å². The number of guanidine groups is 2. The maximum absolute atomic E-state index is 12.2. The first-order chi connectivity index (χ1) is 24.9. The third kappa shape index (κ3) is 36.7. The predicted molar refractivity (Wildman–Crippen MR) is 216 cm³/mol. The van der Waals surface area contributed by atoms with E-state index in [-0.39, 0.29) is 50.2 Å². The molecular weight excluding hydrogens is 638 g/mol. The maximum atomic E-state index is 12.2. The molecule has 0 heterocycles. The first-order valence-corrected chi connectivity index (χ1v) is 20.9. The van der Waals surface area contributed by atoms with E-state index < -0.39 is 0 Å². The van der Waals surface area contributed by atoms with Crippen LogP contribution >= 0.6 is 0 Å². The molecule has 0 spiro atoms. The van der Waals surface area contributed by atoms with E-state index >= 15 is 0 Å². The first-order valence-electron chi connectivity index (χ1n) is 20.9. The quantitative estimate of drug-likeness (QED) is 0.0192. The second-order valence-corrected chi connectivity index (χ2v) is 14.0. The van der Waals surface area contributed by atoms with Gasteiger partial charge in [0.05, 0.1) is 13.1 Å². The van der Waals surface area contributed by atoms with Crippen LogP contribution in [0.15, 0.2) is 29.3 Å². The molecule has 0 radical (unpaired) electrons. The van der Waals surface area contributed by atoms with Gasteiger partial charge in [-0.2, -0.15) is 4.99 Å². The SMILES string of the molecule is CCCCCCCC/C=C/CCCCCCCC(=O)OCCN(CCOC(=O)CCCCCCC/C=C/CCCCCCCC)C(=N)N=C(N)N. The van der Waals surface area contributed by atoms with Gasteiger partial charge in [-0.3, -0.25) is 15.0 Å². The van der Waals surface area contributed by atoms with Crippen LogP contribution in [0.5, 0.6) is 0 Å². The van der Waals surface area contributed by atoms with Gasteiger partial charge in [0.1, 0.15) is 13.2 Å². The Morgan fingerprint density at radius 3 is 1.18 bits per heavy atom. The van der Waals surface area contributed by atoms with Crippen LogP contribution in [0, 0.1) is 5.41 Å². The Balaban J connectivity index is 3.94. The van der Waals surface area contributed by atoms with Crippen LogP contribution in [0.4, 0.5) is 0 Å². The molecule has 5 N–H and O–H groups in total. The van der Waals surface area contributed by atoms with Crippen molar-refractivity contribution in [3.05, 3.63) is 24.3 Å². The molecule has 9 heteroatoms. The zero-order valence-electron chi connectivity index (χ0n) is 33.1. The smallest absolute Gasteiger partial charge is 0.305 e. The fourth-order valence-electron chi connectivity index (χ4n) is 5.88. The molecule has 0 bridgehead atoms. The number of allylic oxidation sites excluding steroid dienone is 4. The molecule has 9 nitrogen and oxygen atoms in total. The van der Waals surface area contributed by atoms with E-state index in [1.54, 1.807) is 4.90 Å². The Morgan fingerprint density at radius 1 is 0.529 bits per heavy atom. The molecule has 0 saturated carbocycles. The average molecular weight is 718 g/mol. The lowest BCUT2D eigenvalue weighted by atomic mass is 10.1. The van der Waals surface area contributed by atoms with E-state index in [4.69, 9.17) is 26.4 Å². The monoisotopic (exact) mass is 718 g/mol. The lowest BCUT2D eigenvalue weighted by Gasteiger charge is -2.22. The van der Waals surface area contributed by atoms with E-state index in [1.165, 1.54) is 116 Å². The fraction of sp³-hybridized carbons (Fsp3) is 0.810. The van der Waals surface area contributed by atoms with Gasteiger partial charge in [-0.05, 0) is 64.2 Å². The molecule has 0 aromatic heterocycles. The molecule has 51 heavy (non-hydrogen) atoms. The Morgan fingerprint density at radius 2 is 0.843 bits per heavy atom. The van der Waals surface area contributed by atoms with Gasteiger partial charge >= 0.3 is 11.9 Å². The summed E-state index contributed by atoms with van der Waals surface area (Å²) in [6, 6.07) is 0. The van der Waals surface area contributed by atoms with Gasteiger partial charge in [0.25, 0.3) is 0 Å². The lowest BCUT2D eigenvalue weighted by Crippen LogP contribution is -2.38. The molecular formula is C42H79N5O4. The number of nitrogens with zero attached hydrogens (tertiary/aromatic N) is 2. The summed E-state index contributed by atoms with van der Waals surface area (Å²) in [7, 11) is 0. The third-order valence-corrected chi connectivity index (χ3v) is 9.07. The van der Waals surface area contributed by atoms with Crippen LogP contribution in [0.3, 0.4) is 0 Å². The molecule has 0 amide bonds. The second-order valence-electron chi connectivity index (χ2n) is 14.0. The Hall–Kier alpha value is -2.84. The van der Waals surface area contributed by atoms with Crippen LogP contribution in [0.1, 0.15) is 194 Å². The van der Waals surface area contributed by atoms with Crippen LogP contribution in [0.25, 0.3) is 0 Å². The minimum absolute atomic E-state index is 0.106. The first kappa shape index (κ1) is 48.2. The summed E-state index contributed by atoms with van der Waals surface area (Å²) in [4.78, 5) is 29.9. The number of nitrogens with two attached hydrogens (primary N) is 2. The molecule has 0 aliphatic heterocycles. The van der Waals surface area contributed by atoms with Crippen LogP contribution in [-0.2, 0) is 19.1 Å². The van der Waals surface area contributed by atoms with E-state index in [0.717, 1.165) is 51.4 Å². The molecule has 0 aliphatic carbocycles. The normalized spacial score (nSPS) is 11.3. The number of carbonyl (C=O) groups excluding carboxylic acids is 2. The van der Waals surface area contributed by atoms with E-state index in [2.05, 4.69) is 43.1 Å². The van der Waals surface area contributed by atoms with Crippen LogP contribution in [-0.4, -0.2) is 55.1 Å². The maximum Gasteiger partial charge on any atom is 0.305 e. The highest BCUT2D eigenvalue weighted by atomic mass is 16.5. The van der Waals surface area contributed by atoms with Gasteiger partial charge in [0.2, 0.25) is 5.96 Å². The molecule has 0 aromatic rings. The second kappa shape index (κ2) is 38.4. The van der Waals surface area contributed by atoms with Gasteiger partial charge in [0.15, 0.2) is 5.96 Å². The molecule has 0 fully saturated rings.